The van der Waals surface area contributed by atoms with Crippen molar-refractivity contribution in [2.75, 3.05) is 13.7 Å². The smallest absolute Gasteiger partial charge is 0.308 e. The summed E-state index contributed by atoms with van der Waals surface area (Å²) in [7, 11) is 1.57. The number of benzene rings is 2. The van der Waals surface area contributed by atoms with Crippen LogP contribution in [0.2, 0.25) is 0 Å². The average Bonchev–Trinajstić information content (AvgIpc) is 2.69. The minimum absolute atomic E-state index is 0.259. The van der Waals surface area contributed by atoms with Crippen LogP contribution in [0.25, 0.3) is 0 Å². The summed E-state index contributed by atoms with van der Waals surface area (Å²) in [5.74, 6) is 0.204. The van der Waals surface area contributed by atoms with Gasteiger partial charge in [0.25, 0.3) is 5.91 Å². The topological polar surface area (TPSA) is 73.9 Å². The van der Waals surface area contributed by atoms with E-state index in [-0.39, 0.29) is 18.4 Å². The van der Waals surface area contributed by atoms with Gasteiger partial charge >= 0.3 is 5.97 Å². The highest BCUT2D eigenvalue weighted by atomic mass is 16.5. The molecule has 0 aliphatic carbocycles. The van der Waals surface area contributed by atoms with Crippen LogP contribution in [-0.4, -0.2) is 25.6 Å². The van der Waals surface area contributed by atoms with Crippen molar-refractivity contribution < 1.29 is 23.8 Å². The summed E-state index contributed by atoms with van der Waals surface area (Å²) in [6, 6.07) is 15.3. The predicted molar refractivity (Wildman–Crippen MR) is 101 cm³/mol. The molecule has 0 aliphatic heterocycles. The van der Waals surface area contributed by atoms with E-state index in [0.717, 1.165) is 11.1 Å². The molecule has 2 rings (SSSR count). The maximum atomic E-state index is 11.8. The lowest BCUT2D eigenvalue weighted by atomic mass is 10.2. The molecule has 0 saturated carbocycles. The van der Waals surface area contributed by atoms with Crippen LogP contribution in [0, 0.1) is 5.92 Å². The highest BCUT2D eigenvalue weighted by molar-refractivity contribution is 5.81. The molecule has 27 heavy (non-hydrogen) atoms. The molecule has 2 aromatic carbocycles. The number of amides is 1. The van der Waals surface area contributed by atoms with Gasteiger partial charge in [-0.3, -0.25) is 9.59 Å². The van der Waals surface area contributed by atoms with Gasteiger partial charge in [-0.05, 0) is 23.3 Å². The number of nitrogens with one attached hydrogen (secondary N) is 1. The van der Waals surface area contributed by atoms with Gasteiger partial charge in [-0.2, -0.15) is 0 Å². The lowest BCUT2D eigenvalue weighted by molar-refractivity contribution is -0.151. The lowest BCUT2D eigenvalue weighted by Crippen LogP contribution is -2.29. The highest BCUT2D eigenvalue weighted by Crippen LogP contribution is 2.28. The lowest BCUT2D eigenvalue weighted by Gasteiger charge is -2.13. The van der Waals surface area contributed by atoms with Crippen molar-refractivity contribution in [3.8, 4) is 11.5 Å². The second kappa shape index (κ2) is 10.2. The zero-order chi connectivity index (χ0) is 19.6. The van der Waals surface area contributed by atoms with Gasteiger partial charge < -0.3 is 19.5 Å². The van der Waals surface area contributed by atoms with E-state index in [1.165, 1.54) is 0 Å². The zero-order valence-electron chi connectivity index (χ0n) is 15.9. The van der Waals surface area contributed by atoms with Crippen LogP contribution >= 0.6 is 0 Å². The summed E-state index contributed by atoms with van der Waals surface area (Å²) in [4.78, 5) is 23.2. The summed E-state index contributed by atoms with van der Waals surface area (Å²) in [5.41, 5.74) is 1.91. The minimum Gasteiger partial charge on any atom is -0.493 e. The van der Waals surface area contributed by atoms with Gasteiger partial charge in [0.1, 0.15) is 6.61 Å². The molecule has 0 aliphatic rings. The predicted octanol–water partition coefficient (Wildman–Crippen LogP) is 3.09. The molecule has 0 unspecified atom stereocenters. The standard InChI is InChI=1S/C21H25NO5/c1-15(2)21(24)27-14-20(23)22-12-17-9-10-18(19(11-17)25-3)26-13-16-7-5-4-6-8-16/h4-11,15H,12-14H2,1-3H3,(H,22,23). The van der Waals surface area contributed by atoms with E-state index >= 15 is 0 Å². The van der Waals surface area contributed by atoms with Crippen molar-refractivity contribution in [1.82, 2.24) is 5.32 Å². The largest absolute Gasteiger partial charge is 0.493 e. The molecule has 1 N–H and O–H groups in total. The van der Waals surface area contributed by atoms with Crippen LogP contribution in [0.3, 0.4) is 0 Å². The van der Waals surface area contributed by atoms with Crippen molar-refractivity contribution in [2.24, 2.45) is 5.92 Å². The van der Waals surface area contributed by atoms with Crippen molar-refractivity contribution in [2.45, 2.75) is 27.0 Å². The Morgan fingerprint density at radius 1 is 1.00 bits per heavy atom. The third-order valence-electron chi connectivity index (χ3n) is 3.77. The first kappa shape index (κ1) is 20.3. The van der Waals surface area contributed by atoms with E-state index in [1.54, 1.807) is 27.0 Å². The third-order valence-corrected chi connectivity index (χ3v) is 3.77. The molecule has 0 fully saturated rings. The first-order chi connectivity index (χ1) is 13.0. The van der Waals surface area contributed by atoms with Crippen molar-refractivity contribution >= 4 is 11.9 Å². The van der Waals surface area contributed by atoms with E-state index in [1.807, 2.05) is 42.5 Å². The summed E-state index contributed by atoms with van der Waals surface area (Å²) in [6.07, 6.45) is 0. The molecule has 0 saturated heterocycles. The first-order valence-corrected chi connectivity index (χ1v) is 8.76. The quantitative estimate of drug-likeness (QED) is 0.686. The number of hydrogen-bond donors (Lipinski definition) is 1. The number of rotatable bonds is 9. The van der Waals surface area contributed by atoms with Crippen LogP contribution < -0.4 is 14.8 Å². The van der Waals surface area contributed by atoms with E-state index in [4.69, 9.17) is 14.2 Å². The third kappa shape index (κ3) is 6.66. The molecular formula is C21H25NO5. The summed E-state index contributed by atoms with van der Waals surface area (Å²) >= 11 is 0. The Bertz CT molecular complexity index is 758. The zero-order valence-corrected chi connectivity index (χ0v) is 15.9. The molecule has 0 bridgehead atoms. The first-order valence-electron chi connectivity index (χ1n) is 8.76. The molecule has 0 aromatic heterocycles. The summed E-state index contributed by atoms with van der Waals surface area (Å²) in [6.45, 7) is 3.89. The highest BCUT2D eigenvalue weighted by Gasteiger charge is 2.11. The maximum Gasteiger partial charge on any atom is 0.308 e. The van der Waals surface area contributed by atoms with Gasteiger partial charge in [0.05, 0.1) is 13.0 Å². The van der Waals surface area contributed by atoms with Gasteiger partial charge in [0.2, 0.25) is 0 Å². The van der Waals surface area contributed by atoms with Crippen LogP contribution in [0.4, 0.5) is 0 Å². The molecule has 0 atom stereocenters. The van der Waals surface area contributed by atoms with E-state index in [0.29, 0.717) is 24.7 Å². The van der Waals surface area contributed by atoms with Crippen LogP contribution in [0.15, 0.2) is 48.5 Å². The molecule has 0 heterocycles. The number of esters is 1. The fourth-order valence-electron chi connectivity index (χ4n) is 2.23. The summed E-state index contributed by atoms with van der Waals surface area (Å²) < 4.78 is 16.1. The van der Waals surface area contributed by atoms with Crippen molar-refractivity contribution in [1.29, 1.82) is 0 Å². The van der Waals surface area contributed by atoms with Gasteiger partial charge in [-0.15, -0.1) is 0 Å². The Balaban J connectivity index is 1.87. The second-order valence-corrected chi connectivity index (χ2v) is 6.30. The fraction of sp³-hybridized carbons (Fsp3) is 0.333. The molecule has 1 amide bonds. The molecule has 0 spiro atoms. The number of carbonyl (C=O) groups excluding carboxylic acids is 2. The van der Waals surface area contributed by atoms with Gasteiger partial charge in [-0.1, -0.05) is 50.2 Å². The average molecular weight is 371 g/mol. The number of methoxy groups -OCH3 is 1. The Kier molecular flexibility index (Phi) is 7.67. The fourth-order valence-corrected chi connectivity index (χ4v) is 2.23. The Morgan fingerprint density at radius 3 is 2.41 bits per heavy atom. The number of ether oxygens (including phenoxy) is 3. The Morgan fingerprint density at radius 2 is 1.74 bits per heavy atom. The molecule has 6 heteroatoms. The Hall–Kier alpha value is -3.02. The van der Waals surface area contributed by atoms with Gasteiger partial charge in [-0.25, -0.2) is 0 Å². The number of carbonyl (C=O) groups is 2. The molecule has 0 radical (unpaired) electrons. The summed E-state index contributed by atoms with van der Waals surface area (Å²) in [5, 5.41) is 2.71. The number of hydrogen-bond acceptors (Lipinski definition) is 5. The van der Waals surface area contributed by atoms with Crippen molar-refractivity contribution in [3.05, 3.63) is 59.7 Å². The van der Waals surface area contributed by atoms with Crippen LogP contribution in [0.1, 0.15) is 25.0 Å². The van der Waals surface area contributed by atoms with Gasteiger partial charge in [0.15, 0.2) is 18.1 Å². The van der Waals surface area contributed by atoms with Crippen molar-refractivity contribution in [3.63, 3.8) is 0 Å². The molecular weight excluding hydrogens is 346 g/mol. The van der Waals surface area contributed by atoms with E-state index in [2.05, 4.69) is 5.32 Å². The van der Waals surface area contributed by atoms with E-state index in [9.17, 15) is 9.59 Å². The molecule has 6 nitrogen and oxygen atoms in total. The SMILES string of the molecule is COc1cc(CNC(=O)COC(=O)C(C)C)ccc1OCc1ccccc1. The second-order valence-electron chi connectivity index (χ2n) is 6.30. The monoisotopic (exact) mass is 371 g/mol. The normalized spacial score (nSPS) is 10.4. The van der Waals surface area contributed by atoms with Crippen LogP contribution in [-0.2, 0) is 27.5 Å². The van der Waals surface area contributed by atoms with Crippen LogP contribution in [0.5, 0.6) is 11.5 Å². The van der Waals surface area contributed by atoms with E-state index < -0.39 is 5.97 Å². The maximum absolute atomic E-state index is 11.8. The van der Waals surface area contributed by atoms with Gasteiger partial charge in [0, 0.05) is 6.54 Å². The minimum atomic E-state index is -0.397. The Labute approximate surface area is 159 Å². The molecule has 144 valence electrons. The molecule has 2 aromatic rings.